The highest BCUT2D eigenvalue weighted by atomic mass is 19.2. The minimum atomic E-state index is -0.933. The predicted octanol–water partition coefficient (Wildman–Crippen LogP) is 4.23. The molecule has 25 heavy (non-hydrogen) atoms. The lowest BCUT2D eigenvalue weighted by Crippen LogP contribution is -2.09. The summed E-state index contributed by atoms with van der Waals surface area (Å²) in [5.41, 5.74) is 2.75. The fourth-order valence-corrected chi connectivity index (χ4v) is 2.93. The Labute approximate surface area is 141 Å². The van der Waals surface area contributed by atoms with Crippen LogP contribution in [0.5, 0.6) is 0 Å². The minimum absolute atomic E-state index is 0.0980. The molecule has 0 atom stereocenters. The monoisotopic (exact) mass is 340 g/mol. The van der Waals surface area contributed by atoms with Crippen LogP contribution in [0.1, 0.15) is 0 Å². The molecule has 1 aromatic carbocycles. The minimum Gasteiger partial charge on any atom is -0.377 e. The first kappa shape index (κ1) is 15.3. The first-order chi connectivity index (χ1) is 12.1. The highest BCUT2D eigenvalue weighted by molar-refractivity contribution is 6.03. The third-order valence-electron chi connectivity index (χ3n) is 4.09. The van der Waals surface area contributed by atoms with E-state index < -0.39 is 11.6 Å². The molecular formula is C18H14F2N4O. The molecule has 0 spiro atoms. The van der Waals surface area contributed by atoms with E-state index in [1.807, 2.05) is 25.1 Å². The van der Waals surface area contributed by atoms with Gasteiger partial charge in [-0.1, -0.05) is 17.3 Å². The van der Waals surface area contributed by atoms with Gasteiger partial charge < -0.3 is 14.4 Å². The lowest BCUT2D eigenvalue weighted by Gasteiger charge is -2.14. The maximum atomic E-state index is 14.2. The van der Waals surface area contributed by atoms with Gasteiger partial charge in [0.2, 0.25) is 0 Å². The van der Waals surface area contributed by atoms with Crippen LogP contribution in [-0.4, -0.2) is 29.2 Å². The van der Waals surface area contributed by atoms with Gasteiger partial charge in [-0.3, -0.25) is 0 Å². The molecule has 0 fully saturated rings. The Morgan fingerprint density at radius 2 is 1.92 bits per heavy atom. The number of hydrogen-bond donors (Lipinski definition) is 1. The van der Waals surface area contributed by atoms with Gasteiger partial charge in [0, 0.05) is 43.3 Å². The second-order valence-corrected chi connectivity index (χ2v) is 5.82. The van der Waals surface area contributed by atoms with Crippen molar-refractivity contribution in [3.63, 3.8) is 0 Å². The second-order valence-electron chi connectivity index (χ2n) is 5.82. The molecule has 4 aromatic rings. The normalized spacial score (nSPS) is 11.2. The molecule has 0 radical (unpaired) electrons. The number of halogens is 2. The van der Waals surface area contributed by atoms with Crippen molar-refractivity contribution in [2.45, 2.75) is 0 Å². The van der Waals surface area contributed by atoms with Gasteiger partial charge in [0.25, 0.3) is 0 Å². The standard InChI is InChI=1S/C18H14F2N4O/c1-24(2)14-6-7-21-18-15(14)12(8-22-18)17-11(9-23-25-17)10-4-3-5-13(19)16(10)20/h3-9H,1-2H3,(H,21,22). The topological polar surface area (TPSA) is 58.0 Å². The molecule has 0 amide bonds. The van der Waals surface area contributed by atoms with Crippen LogP contribution in [0.2, 0.25) is 0 Å². The quantitative estimate of drug-likeness (QED) is 0.606. The van der Waals surface area contributed by atoms with Crippen molar-refractivity contribution in [2.75, 3.05) is 19.0 Å². The Kier molecular flexibility index (Phi) is 3.49. The first-order valence-electron chi connectivity index (χ1n) is 7.60. The van der Waals surface area contributed by atoms with Crippen LogP contribution in [-0.2, 0) is 0 Å². The van der Waals surface area contributed by atoms with Crippen LogP contribution >= 0.6 is 0 Å². The summed E-state index contributed by atoms with van der Waals surface area (Å²) in [7, 11) is 3.83. The summed E-state index contributed by atoms with van der Waals surface area (Å²) in [6, 6.07) is 5.89. The number of benzene rings is 1. The molecular weight excluding hydrogens is 326 g/mol. The van der Waals surface area contributed by atoms with Crippen LogP contribution in [0.3, 0.4) is 0 Å². The number of hydrogen-bond acceptors (Lipinski definition) is 4. The maximum Gasteiger partial charge on any atom is 0.177 e. The van der Waals surface area contributed by atoms with Crippen LogP contribution in [0, 0.1) is 11.6 Å². The molecule has 0 unspecified atom stereocenters. The van der Waals surface area contributed by atoms with Gasteiger partial charge in [0.15, 0.2) is 17.4 Å². The Morgan fingerprint density at radius 1 is 1.08 bits per heavy atom. The van der Waals surface area contributed by atoms with E-state index in [0.29, 0.717) is 22.5 Å². The van der Waals surface area contributed by atoms with E-state index in [4.69, 9.17) is 4.52 Å². The molecule has 5 nitrogen and oxygen atoms in total. The van der Waals surface area contributed by atoms with Gasteiger partial charge >= 0.3 is 0 Å². The summed E-state index contributed by atoms with van der Waals surface area (Å²) >= 11 is 0. The number of fused-ring (bicyclic) bond motifs is 1. The predicted molar refractivity (Wildman–Crippen MR) is 91.3 cm³/mol. The molecule has 1 N–H and O–H groups in total. The maximum absolute atomic E-state index is 14.2. The molecule has 126 valence electrons. The molecule has 3 heterocycles. The zero-order chi connectivity index (χ0) is 17.6. The van der Waals surface area contributed by atoms with Crippen LogP contribution in [0.25, 0.3) is 33.5 Å². The van der Waals surface area contributed by atoms with Crippen molar-refractivity contribution in [3.8, 4) is 22.5 Å². The lowest BCUT2D eigenvalue weighted by atomic mass is 10.0. The van der Waals surface area contributed by atoms with Crippen LogP contribution < -0.4 is 4.90 Å². The van der Waals surface area contributed by atoms with E-state index in [-0.39, 0.29) is 5.56 Å². The fourth-order valence-electron chi connectivity index (χ4n) is 2.93. The van der Waals surface area contributed by atoms with Crippen molar-refractivity contribution in [1.82, 2.24) is 15.1 Å². The smallest absolute Gasteiger partial charge is 0.177 e. The van der Waals surface area contributed by atoms with E-state index in [2.05, 4.69) is 15.1 Å². The summed E-state index contributed by atoms with van der Waals surface area (Å²) in [6.07, 6.45) is 4.81. The van der Waals surface area contributed by atoms with Gasteiger partial charge in [-0.25, -0.2) is 13.8 Å². The Balaban J connectivity index is 1.98. The van der Waals surface area contributed by atoms with Crippen molar-refractivity contribution < 1.29 is 13.3 Å². The zero-order valence-electron chi connectivity index (χ0n) is 13.5. The van der Waals surface area contributed by atoms with Crippen LogP contribution in [0.4, 0.5) is 14.5 Å². The summed E-state index contributed by atoms with van der Waals surface area (Å²) in [4.78, 5) is 9.34. The number of anilines is 1. The molecule has 0 saturated heterocycles. The zero-order valence-corrected chi connectivity index (χ0v) is 13.5. The molecule has 7 heteroatoms. The average Bonchev–Trinajstić information content (AvgIpc) is 3.23. The van der Waals surface area contributed by atoms with Gasteiger partial charge in [0.1, 0.15) is 5.65 Å². The summed E-state index contributed by atoms with van der Waals surface area (Å²) in [5, 5.41) is 4.62. The third kappa shape index (κ3) is 2.36. The number of aromatic amines is 1. The Hall–Kier alpha value is -3.22. The molecule has 4 rings (SSSR count). The molecule has 3 aromatic heterocycles. The average molecular weight is 340 g/mol. The van der Waals surface area contributed by atoms with E-state index in [9.17, 15) is 8.78 Å². The van der Waals surface area contributed by atoms with E-state index in [0.717, 1.165) is 17.1 Å². The number of H-pyrrole nitrogens is 1. The van der Waals surface area contributed by atoms with Gasteiger partial charge in [-0.2, -0.15) is 0 Å². The molecule has 0 aliphatic heterocycles. The largest absolute Gasteiger partial charge is 0.377 e. The highest BCUT2D eigenvalue weighted by Gasteiger charge is 2.22. The van der Waals surface area contributed by atoms with Crippen LogP contribution in [0.15, 0.2) is 47.4 Å². The lowest BCUT2D eigenvalue weighted by molar-refractivity contribution is 0.432. The van der Waals surface area contributed by atoms with Gasteiger partial charge in [0.05, 0.1) is 17.1 Å². The van der Waals surface area contributed by atoms with Crippen molar-refractivity contribution >= 4 is 16.7 Å². The summed E-state index contributed by atoms with van der Waals surface area (Å²) in [6.45, 7) is 0. The number of nitrogens with zero attached hydrogens (tertiary/aromatic N) is 3. The molecule has 0 saturated carbocycles. The molecule has 0 aliphatic rings. The molecule has 0 aliphatic carbocycles. The molecule has 0 bridgehead atoms. The van der Waals surface area contributed by atoms with E-state index in [1.165, 1.54) is 18.3 Å². The second kappa shape index (κ2) is 5.70. The SMILES string of the molecule is CN(C)c1ccnc2[nH]cc(-c3oncc3-c3cccc(F)c3F)c12. The van der Waals surface area contributed by atoms with Crippen molar-refractivity contribution in [3.05, 3.63) is 54.5 Å². The van der Waals surface area contributed by atoms with E-state index in [1.54, 1.807) is 12.4 Å². The number of aromatic nitrogens is 3. The highest BCUT2D eigenvalue weighted by Crippen LogP contribution is 2.39. The number of pyridine rings is 1. The van der Waals surface area contributed by atoms with Crippen molar-refractivity contribution in [1.29, 1.82) is 0 Å². The third-order valence-corrected chi connectivity index (χ3v) is 4.09. The number of nitrogens with one attached hydrogen (secondary N) is 1. The van der Waals surface area contributed by atoms with Gasteiger partial charge in [-0.15, -0.1) is 0 Å². The fraction of sp³-hybridized carbons (Fsp3) is 0.111. The summed E-state index contributed by atoms with van der Waals surface area (Å²) < 4.78 is 33.3. The van der Waals surface area contributed by atoms with Crippen molar-refractivity contribution in [2.24, 2.45) is 0 Å². The number of rotatable bonds is 3. The first-order valence-corrected chi connectivity index (χ1v) is 7.60. The summed E-state index contributed by atoms with van der Waals surface area (Å²) in [5.74, 6) is -1.50. The van der Waals surface area contributed by atoms with Gasteiger partial charge in [-0.05, 0) is 12.1 Å². The Morgan fingerprint density at radius 3 is 2.72 bits per heavy atom. The Bertz CT molecular complexity index is 1070. The van der Waals surface area contributed by atoms with E-state index >= 15 is 0 Å².